The molecule has 10 nitrogen and oxygen atoms in total. The van der Waals surface area contributed by atoms with Gasteiger partial charge in [-0.1, -0.05) is 11.6 Å². The minimum Gasteiger partial charge on any atom is -0.377 e. The summed E-state index contributed by atoms with van der Waals surface area (Å²) in [5, 5.41) is 9.11. The van der Waals surface area contributed by atoms with Gasteiger partial charge < -0.3 is 21.1 Å². The molecule has 1 fully saturated rings. The molecule has 0 saturated heterocycles. The molecule has 1 aliphatic heterocycles. The summed E-state index contributed by atoms with van der Waals surface area (Å²) in [7, 11) is 1.56. The number of halogens is 1. The molecule has 0 spiro atoms. The van der Waals surface area contributed by atoms with Gasteiger partial charge >= 0.3 is 0 Å². The number of nitrogens with zero attached hydrogens (tertiary/aromatic N) is 2. The number of aromatic nitrogens is 1. The van der Waals surface area contributed by atoms with Gasteiger partial charge in [-0.3, -0.25) is 29.7 Å². The van der Waals surface area contributed by atoms with Crippen LogP contribution in [-0.4, -0.2) is 59.9 Å². The lowest BCUT2D eigenvalue weighted by atomic mass is 9.69. The van der Waals surface area contributed by atoms with Gasteiger partial charge in [-0.15, -0.1) is 0 Å². The Labute approximate surface area is 198 Å². The van der Waals surface area contributed by atoms with E-state index in [1.165, 1.54) is 6.20 Å². The average Bonchev–Trinajstić information content (AvgIpc) is 3.25. The van der Waals surface area contributed by atoms with Crippen molar-refractivity contribution in [2.45, 2.75) is 50.7 Å². The summed E-state index contributed by atoms with van der Waals surface area (Å²) >= 11 is 6.11. The first-order chi connectivity index (χ1) is 15.6. The molecule has 1 atom stereocenters. The van der Waals surface area contributed by atoms with E-state index in [2.05, 4.69) is 25.9 Å². The third-order valence-electron chi connectivity index (χ3n) is 6.54. The van der Waals surface area contributed by atoms with Crippen LogP contribution in [0.15, 0.2) is 23.5 Å². The number of hydrogen-bond donors (Lipinski definition) is 4. The maximum atomic E-state index is 13.0. The van der Waals surface area contributed by atoms with Gasteiger partial charge in [0.05, 0.1) is 29.2 Å². The monoisotopic (exact) mass is 478 g/mol. The summed E-state index contributed by atoms with van der Waals surface area (Å²) in [6, 6.07) is 1.61. The van der Waals surface area contributed by atoms with Gasteiger partial charge in [0.2, 0.25) is 11.8 Å². The maximum Gasteiger partial charge on any atom is 0.267 e. The van der Waals surface area contributed by atoms with Crippen LogP contribution >= 0.6 is 11.6 Å². The number of rotatable bonds is 8. The van der Waals surface area contributed by atoms with Crippen molar-refractivity contribution in [3.63, 3.8) is 0 Å². The Balaban J connectivity index is 1.67. The first-order valence-electron chi connectivity index (χ1n) is 10.9. The predicted octanol–water partition coefficient (Wildman–Crippen LogP) is 1.25. The van der Waals surface area contributed by atoms with Crippen LogP contribution in [0.2, 0.25) is 5.02 Å². The highest BCUT2D eigenvalue weighted by atomic mass is 35.5. The maximum absolute atomic E-state index is 13.0. The normalized spacial score (nSPS) is 25.3. The van der Waals surface area contributed by atoms with E-state index in [0.29, 0.717) is 36.4 Å². The highest BCUT2D eigenvalue weighted by Gasteiger charge is 2.54. The largest absolute Gasteiger partial charge is 0.377 e. The SMILES string of the molecule is COC(C)(C)CNC(=O)C1=NCNC1(C(N)=O)C1CCC(C(=O)Nc2cnccc2Cl)CC1. The second-order valence-corrected chi connectivity index (χ2v) is 9.46. The zero-order valence-corrected chi connectivity index (χ0v) is 19.9. The molecule has 180 valence electrons. The van der Waals surface area contributed by atoms with Crippen LogP contribution in [0.3, 0.4) is 0 Å². The summed E-state index contributed by atoms with van der Waals surface area (Å²) in [5.41, 5.74) is 4.45. The number of aliphatic imine (C=N–C) groups is 1. The van der Waals surface area contributed by atoms with E-state index in [-0.39, 0.29) is 36.7 Å². The Morgan fingerprint density at radius 1 is 1.30 bits per heavy atom. The number of nitrogens with two attached hydrogens (primary N) is 1. The molecule has 0 bridgehead atoms. The van der Waals surface area contributed by atoms with Gasteiger partial charge in [0.25, 0.3) is 5.91 Å². The molecule has 1 saturated carbocycles. The molecule has 1 unspecified atom stereocenters. The minimum absolute atomic E-state index is 0.0944. The lowest BCUT2D eigenvalue weighted by Gasteiger charge is -2.39. The fourth-order valence-electron chi connectivity index (χ4n) is 4.39. The first kappa shape index (κ1) is 25.1. The number of ether oxygens (including phenoxy) is 1. The summed E-state index contributed by atoms with van der Waals surface area (Å²) < 4.78 is 5.34. The Morgan fingerprint density at radius 2 is 2.00 bits per heavy atom. The second-order valence-electron chi connectivity index (χ2n) is 9.05. The van der Waals surface area contributed by atoms with Crippen molar-refractivity contribution in [1.82, 2.24) is 15.6 Å². The van der Waals surface area contributed by atoms with E-state index in [9.17, 15) is 14.4 Å². The lowest BCUT2D eigenvalue weighted by molar-refractivity contribution is -0.126. The Bertz CT molecular complexity index is 945. The van der Waals surface area contributed by atoms with Crippen molar-refractivity contribution in [2.24, 2.45) is 22.6 Å². The van der Waals surface area contributed by atoms with Crippen LogP contribution in [0.5, 0.6) is 0 Å². The highest BCUT2D eigenvalue weighted by Crippen LogP contribution is 2.38. The van der Waals surface area contributed by atoms with Gasteiger partial charge in [-0.05, 0) is 51.5 Å². The summed E-state index contributed by atoms with van der Waals surface area (Å²) in [6.45, 7) is 4.06. The summed E-state index contributed by atoms with van der Waals surface area (Å²) in [5.74, 6) is -1.75. The molecular formula is C22H31ClN6O4. The number of nitrogens with one attached hydrogen (secondary N) is 3. The van der Waals surface area contributed by atoms with Gasteiger partial charge in [-0.2, -0.15) is 0 Å². The number of hydrogen-bond acceptors (Lipinski definition) is 7. The third-order valence-corrected chi connectivity index (χ3v) is 6.87. The predicted molar refractivity (Wildman–Crippen MR) is 125 cm³/mol. The first-order valence-corrected chi connectivity index (χ1v) is 11.3. The fourth-order valence-corrected chi connectivity index (χ4v) is 4.54. The van der Waals surface area contributed by atoms with Crippen LogP contribution in [0.1, 0.15) is 39.5 Å². The highest BCUT2D eigenvalue weighted by molar-refractivity contribution is 6.47. The number of carbonyl (C=O) groups is 3. The van der Waals surface area contributed by atoms with Crippen LogP contribution in [0.25, 0.3) is 0 Å². The van der Waals surface area contributed by atoms with E-state index in [1.54, 1.807) is 19.4 Å². The second kappa shape index (κ2) is 10.1. The smallest absolute Gasteiger partial charge is 0.267 e. The van der Waals surface area contributed by atoms with Gasteiger partial charge in [0.15, 0.2) is 0 Å². The van der Waals surface area contributed by atoms with Crippen molar-refractivity contribution < 1.29 is 19.1 Å². The number of anilines is 1. The molecule has 3 rings (SSSR count). The number of pyridine rings is 1. The number of primary amides is 1. The molecule has 2 aliphatic rings. The molecule has 1 aromatic rings. The lowest BCUT2D eigenvalue weighted by Crippen LogP contribution is -2.66. The van der Waals surface area contributed by atoms with Crippen molar-refractivity contribution in [3.05, 3.63) is 23.5 Å². The van der Waals surface area contributed by atoms with Crippen molar-refractivity contribution in [2.75, 3.05) is 25.6 Å². The van der Waals surface area contributed by atoms with Gasteiger partial charge in [-0.25, -0.2) is 0 Å². The summed E-state index contributed by atoms with van der Waals surface area (Å²) in [4.78, 5) is 46.6. The van der Waals surface area contributed by atoms with Crippen LogP contribution in [-0.2, 0) is 19.1 Å². The molecule has 1 aromatic heterocycles. The Kier molecular flexibility index (Phi) is 7.71. The van der Waals surface area contributed by atoms with Crippen molar-refractivity contribution >= 4 is 40.7 Å². The molecule has 0 radical (unpaired) electrons. The van der Waals surface area contributed by atoms with Crippen LogP contribution in [0.4, 0.5) is 5.69 Å². The van der Waals surface area contributed by atoms with Crippen LogP contribution in [0, 0.1) is 11.8 Å². The fraction of sp³-hybridized carbons (Fsp3) is 0.591. The van der Waals surface area contributed by atoms with E-state index in [1.807, 2.05) is 13.8 Å². The molecular weight excluding hydrogens is 448 g/mol. The molecule has 2 heterocycles. The van der Waals surface area contributed by atoms with Gasteiger partial charge in [0, 0.05) is 25.8 Å². The van der Waals surface area contributed by atoms with E-state index < -0.39 is 23.0 Å². The van der Waals surface area contributed by atoms with Crippen molar-refractivity contribution in [3.8, 4) is 0 Å². The molecule has 3 amide bonds. The van der Waals surface area contributed by atoms with Crippen molar-refractivity contribution in [1.29, 1.82) is 0 Å². The quantitative estimate of drug-likeness (QED) is 0.442. The number of amides is 3. The zero-order chi connectivity index (χ0) is 24.2. The van der Waals surface area contributed by atoms with E-state index in [4.69, 9.17) is 22.1 Å². The molecule has 11 heteroatoms. The number of methoxy groups -OCH3 is 1. The summed E-state index contributed by atoms with van der Waals surface area (Å²) in [6.07, 6.45) is 5.19. The topological polar surface area (TPSA) is 148 Å². The molecule has 0 aromatic carbocycles. The average molecular weight is 479 g/mol. The van der Waals surface area contributed by atoms with E-state index in [0.717, 1.165) is 0 Å². The van der Waals surface area contributed by atoms with E-state index >= 15 is 0 Å². The minimum atomic E-state index is -1.37. The Hall–Kier alpha value is -2.56. The Morgan fingerprint density at radius 3 is 2.61 bits per heavy atom. The zero-order valence-electron chi connectivity index (χ0n) is 19.1. The number of carbonyl (C=O) groups excluding carboxylic acids is 3. The molecule has 1 aliphatic carbocycles. The molecule has 33 heavy (non-hydrogen) atoms. The standard InChI is InChI=1S/C22H31ClN6O4/c1-21(2,33-3)11-26-19(31)17-22(20(24)32,28-12-27-17)14-6-4-13(5-7-14)18(30)29-16-10-25-9-8-15(16)23/h8-10,13-14,28H,4-7,11-12H2,1-3H3,(H2,24,32)(H,26,31)(H,29,30). The third kappa shape index (κ3) is 5.34. The van der Waals surface area contributed by atoms with Gasteiger partial charge in [0.1, 0.15) is 11.3 Å². The van der Waals surface area contributed by atoms with Crippen LogP contribution < -0.4 is 21.7 Å². The molecule has 5 N–H and O–H groups in total.